The number of nitrogens with one attached hydrogen (secondary N) is 1. The highest BCUT2D eigenvalue weighted by Crippen LogP contribution is 2.16. The molecule has 63 heavy (non-hydrogen) atoms. The van der Waals surface area contributed by atoms with Crippen LogP contribution in [0.2, 0.25) is 0 Å². The number of aliphatic hydroxyl groups excluding tert-OH is 2. The maximum Gasteiger partial charge on any atom is 0.305 e. The van der Waals surface area contributed by atoms with Crippen LogP contribution in [0.3, 0.4) is 0 Å². The Hall–Kier alpha value is -2.18. The van der Waals surface area contributed by atoms with Crippen molar-refractivity contribution >= 4 is 11.9 Å². The molecule has 368 valence electrons. The van der Waals surface area contributed by atoms with Gasteiger partial charge in [0.1, 0.15) is 0 Å². The van der Waals surface area contributed by atoms with Gasteiger partial charge in [-0.3, -0.25) is 9.59 Å². The molecule has 0 aromatic carbocycles. The molecule has 6 heteroatoms. The Labute approximate surface area is 391 Å². The van der Waals surface area contributed by atoms with Gasteiger partial charge < -0.3 is 20.3 Å². The van der Waals surface area contributed by atoms with E-state index >= 15 is 0 Å². The van der Waals surface area contributed by atoms with Gasteiger partial charge >= 0.3 is 5.97 Å². The number of rotatable bonds is 50. The Balaban J connectivity index is 3.56. The second-order valence-corrected chi connectivity index (χ2v) is 18.5. The lowest BCUT2D eigenvalue weighted by atomic mass is 10.0. The lowest BCUT2D eigenvalue weighted by Crippen LogP contribution is -2.45. The minimum absolute atomic E-state index is 0.0394. The van der Waals surface area contributed by atoms with Crippen molar-refractivity contribution in [3.05, 3.63) is 48.6 Å². The molecule has 0 aromatic heterocycles. The number of carbonyl (C=O) groups excluding carboxylic acids is 2. The summed E-state index contributed by atoms with van der Waals surface area (Å²) in [5.74, 6) is -0.134. The zero-order chi connectivity index (χ0) is 45.8. The van der Waals surface area contributed by atoms with Gasteiger partial charge in [0.25, 0.3) is 0 Å². The third-order valence-electron chi connectivity index (χ3n) is 12.3. The van der Waals surface area contributed by atoms with Crippen molar-refractivity contribution in [1.29, 1.82) is 0 Å². The van der Waals surface area contributed by atoms with Gasteiger partial charge in [0.05, 0.1) is 25.4 Å². The van der Waals surface area contributed by atoms with Gasteiger partial charge in [0, 0.05) is 12.8 Å². The average Bonchev–Trinajstić information content (AvgIpc) is 3.28. The first-order valence-corrected chi connectivity index (χ1v) is 27.4. The quantitative estimate of drug-likeness (QED) is 0.0321. The maximum atomic E-state index is 12.5. The zero-order valence-electron chi connectivity index (χ0n) is 41.8. The molecule has 0 rings (SSSR count). The molecule has 3 N–H and O–H groups in total. The van der Waals surface area contributed by atoms with Crippen LogP contribution < -0.4 is 5.32 Å². The van der Waals surface area contributed by atoms with Gasteiger partial charge in [-0.1, -0.05) is 223 Å². The second-order valence-electron chi connectivity index (χ2n) is 18.5. The molecule has 0 saturated heterocycles. The van der Waals surface area contributed by atoms with Crippen molar-refractivity contribution in [2.24, 2.45) is 0 Å². The molecular weight excluding hydrogens is 779 g/mol. The van der Waals surface area contributed by atoms with Crippen molar-refractivity contribution in [2.45, 2.75) is 289 Å². The molecule has 0 bridgehead atoms. The van der Waals surface area contributed by atoms with Gasteiger partial charge in [-0.25, -0.2) is 0 Å². The number of ether oxygens (including phenoxy) is 1. The molecule has 6 nitrogen and oxygen atoms in total. The highest BCUT2D eigenvalue weighted by atomic mass is 16.5. The summed E-state index contributed by atoms with van der Waals surface area (Å²) in [7, 11) is 0. The first kappa shape index (κ1) is 60.8. The summed E-state index contributed by atoms with van der Waals surface area (Å²) in [5.41, 5.74) is 0. The molecule has 2 unspecified atom stereocenters. The van der Waals surface area contributed by atoms with Crippen LogP contribution in [0.5, 0.6) is 0 Å². The number of hydrogen-bond acceptors (Lipinski definition) is 5. The van der Waals surface area contributed by atoms with Crippen molar-refractivity contribution in [3.8, 4) is 0 Å². The first-order chi connectivity index (χ1) is 31.0. The lowest BCUT2D eigenvalue weighted by Gasteiger charge is -2.20. The van der Waals surface area contributed by atoms with E-state index in [-0.39, 0.29) is 18.5 Å². The molecule has 0 aliphatic rings. The van der Waals surface area contributed by atoms with Crippen LogP contribution in [0.15, 0.2) is 48.6 Å². The molecule has 0 spiro atoms. The van der Waals surface area contributed by atoms with Gasteiger partial charge in [-0.05, 0) is 89.9 Å². The summed E-state index contributed by atoms with van der Waals surface area (Å²) in [5, 5.41) is 23.1. The summed E-state index contributed by atoms with van der Waals surface area (Å²) in [6, 6.07) is -0.649. The number of unbranched alkanes of at least 4 members (excludes halogenated alkanes) is 33. The smallest absolute Gasteiger partial charge is 0.305 e. The average molecular weight is 884 g/mol. The Kier molecular flexibility index (Phi) is 50.6. The molecule has 1 amide bonds. The SMILES string of the molecule is CCCC/C=C\C/C=C\CCCCCCCC(=O)OCCCCC/C=C\CCCCCCCC(=O)NC(CO)C(O)/C=C/CCCCCCCCCCCCCCCCCCCC. The topological polar surface area (TPSA) is 95.9 Å². The maximum absolute atomic E-state index is 12.5. The van der Waals surface area contributed by atoms with Gasteiger partial charge in [-0.15, -0.1) is 0 Å². The standard InChI is InChI=1S/C57H105NO5/c1-3-5-7-9-11-13-15-17-19-20-21-22-23-24-25-29-33-37-41-45-49-55(60)54(53-59)58-56(61)50-46-42-38-34-30-27-28-32-36-40-44-48-52-63-57(62)51-47-43-39-35-31-26-18-16-14-12-10-8-6-4-2/h10,12,16,18,28,32,45,49,54-55,59-60H,3-9,11,13-15,17,19-27,29-31,33-44,46-48,50-53H2,1-2H3,(H,58,61)/b12-10-,18-16-,32-28-,49-45+. The van der Waals surface area contributed by atoms with E-state index in [0.29, 0.717) is 19.4 Å². The van der Waals surface area contributed by atoms with Gasteiger partial charge in [-0.2, -0.15) is 0 Å². The molecule has 0 heterocycles. The van der Waals surface area contributed by atoms with Crippen molar-refractivity contribution in [2.75, 3.05) is 13.2 Å². The number of amides is 1. The van der Waals surface area contributed by atoms with E-state index in [9.17, 15) is 19.8 Å². The molecule has 0 aliphatic heterocycles. The fourth-order valence-corrected chi connectivity index (χ4v) is 8.06. The van der Waals surface area contributed by atoms with Gasteiger partial charge in [0.2, 0.25) is 5.91 Å². The minimum atomic E-state index is -0.863. The predicted molar refractivity (Wildman–Crippen MR) is 273 cm³/mol. The Morgan fingerprint density at radius 1 is 0.444 bits per heavy atom. The van der Waals surface area contributed by atoms with Gasteiger partial charge in [0.15, 0.2) is 0 Å². The van der Waals surface area contributed by atoms with E-state index < -0.39 is 12.1 Å². The van der Waals surface area contributed by atoms with E-state index in [1.807, 2.05) is 6.08 Å². The fraction of sp³-hybridized carbons (Fsp3) is 0.825. The molecule has 0 aromatic rings. The number of aliphatic hydroxyl groups is 2. The molecule has 2 atom stereocenters. The molecule has 0 fully saturated rings. The summed E-state index contributed by atoms with van der Waals surface area (Å²) >= 11 is 0. The Bertz CT molecular complexity index is 1070. The number of esters is 1. The largest absolute Gasteiger partial charge is 0.466 e. The van der Waals surface area contributed by atoms with Crippen LogP contribution in [0, 0.1) is 0 Å². The number of carbonyl (C=O) groups is 2. The monoisotopic (exact) mass is 884 g/mol. The Morgan fingerprint density at radius 2 is 0.810 bits per heavy atom. The zero-order valence-corrected chi connectivity index (χ0v) is 41.8. The minimum Gasteiger partial charge on any atom is -0.466 e. The number of allylic oxidation sites excluding steroid dienone is 7. The van der Waals surface area contributed by atoms with E-state index in [1.54, 1.807) is 6.08 Å². The molecular formula is C57H105NO5. The fourth-order valence-electron chi connectivity index (χ4n) is 8.06. The third kappa shape index (κ3) is 49.1. The Morgan fingerprint density at radius 3 is 1.27 bits per heavy atom. The predicted octanol–water partition coefficient (Wildman–Crippen LogP) is 16.6. The summed E-state index contributed by atoms with van der Waals surface area (Å²) < 4.78 is 5.43. The number of hydrogen-bond donors (Lipinski definition) is 3. The first-order valence-electron chi connectivity index (χ1n) is 27.4. The van der Waals surface area contributed by atoms with E-state index in [0.717, 1.165) is 103 Å². The molecule has 0 radical (unpaired) electrons. The van der Waals surface area contributed by atoms with Crippen LogP contribution in [-0.2, 0) is 14.3 Å². The summed E-state index contributed by atoms with van der Waals surface area (Å²) in [4.78, 5) is 24.5. The second kappa shape index (κ2) is 52.4. The highest BCUT2D eigenvalue weighted by molar-refractivity contribution is 5.76. The van der Waals surface area contributed by atoms with Crippen LogP contribution in [0.25, 0.3) is 0 Å². The van der Waals surface area contributed by atoms with Crippen molar-refractivity contribution in [1.82, 2.24) is 5.32 Å². The summed E-state index contributed by atoms with van der Waals surface area (Å²) in [6.45, 7) is 4.80. The van der Waals surface area contributed by atoms with E-state index in [2.05, 4.69) is 55.6 Å². The van der Waals surface area contributed by atoms with Crippen LogP contribution >= 0.6 is 0 Å². The van der Waals surface area contributed by atoms with E-state index in [1.165, 1.54) is 148 Å². The normalized spacial score (nSPS) is 13.0. The third-order valence-corrected chi connectivity index (χ3v) is 12.3. The summed E-state index contributed by atoms with van der Waals surface area (Å²) in [6.07, 6.45) is 65.5. The van der Waals surface area contributed by atoms with E-state index in [4.69, 9.17) is 4.74 Å². The highest BCUT2D eigenvalue weighted by Gasteiger charge is 2.18. The van der Waals surface area contributed by atoms with Crippen LogP contribution in [0.1, 0.15) is 277 Å². The van der Waals surface area contributed by atoms with Crippen LogP contribution in [0.4, 0.5) is 0 Å². The van der Waals surface area contributed by atoms with Crippen LogP contribution in [-0.4, -0.2) is 47.4 Å². The lowest BCUT2D eigenvalue weighted by molar-refractivity contribution is -0.143. The molecule has 0 saturated carbocycles. The molecule has 0 aliphatic carbocycles. The van der Waals surface area contributed by atoms with Crippen molar-refractivity contribution < 1.29 is 24.5 Å². The van der Waals surface area contributed by atoms with Crippen molar-refractivity contribution in [3.63, 3.8) is 0 Å².